The standard InChI is InChI=1S/C6H6S5/c7-2-1-3(8)5(10)6(11)4(2)9/h1,7-11H. The molecule has 0 nitrogen and oxygen atoms in total. The van der Waals surface area contributed by atoms with Gasteiger partial charge >= 0.3 is 0 Å². The fourth-order valence-corrected chi connectivity index (χ4v) is 2.06. The lowest BCUT2D eigenvalue weighted by Gasteiger charge is -2.06. The second kappa shape index (κ2) is 3.79. The van der Waals surface area contributed by atoms with Crippen molar-refractivity contribution < 1.29 is 0 Å². The maximum absolute atomic E-state index is 4.20. The van der Waals surface area contributed by atoms with E-state index in [1.165, 1.54) is 0 Å². The molecular formula is C6H6S5. The Morgan fingerprint density at radius 3 is 1.36 bits per heavy atom. The van der Waals surface area contributed by atoms with E-state index in [1.807, 2.05) is 0 Å². The first-order chi connectivity index (χ1) is 5.04. The van der Waals surface area contributed by atoms with Crippen molar-refractivity contribution in [3.8, 4) is 0 Å². The van der Waals surface area contributed by atoms with Crippen LogP contribution in [0.1, 0.15) is 0 Å². The Morgan fingerprint density at radius 1 is 0.636 bits per heavy atom. The lowest BCUT2D eigenvalue weighted by atomic mass is 10.3. The Balaban J connectivity index is 3.46. The van der Waals surface area contributed by atoms with Gasteiger partial charge in [0.15, 0.2) is 0 Å². The molecule has 60 valence electrons. The molecule has 1 aromatic rings. The van der Waals surface area contributed by atoms with E-state index in [9.17, 15) is 0 Å². The van der Waals surface area contributed by atoms with E-state index >= 15 is 0 Å². The molecule has 0 spiro atoms. The van der Waals surface area contributed by atoms with Crippen LogP contribution in [0.3, 0.4) is 0 Å². The van der Waals surface area contributed by atoms with Gasteiger partial charge in [-0.15, -0.1) is 63.1 Å². The van der Waals surface area contributed by atoms with Crippen molar-refractivity contribution in [3.05, 3.63) is 6.07 Å². The van der Waals surface area contributed by atoms with Crippen molar-refractivity contribution in [2.24, 2.45) is 0 Å². The molecule has 0 aliphatic rings. The molecule has 0 aromatic heterocycles. The van der Waals surface area contributed by atoms with Gasteiger partial charge in [0.1, 0.15) is 0 Å². The Bertz CT molecular complexity index is 267. The van der Waals surface area contributed by atoms with E-state index in [4.69, 9.17) is 0 Å². The highest BCUT2D eigenvalue weighted by molar-refractivity contribution is 7.87. The predicted molar refractivity (Wildman–Crippen MR) is 62.7 cm³/mol. The topological polar surface area (TPSA) is 0 Å². The summed E-state index contributed by atoms with van der Waals surface area (Å²) in [6.07, 6.45) is 0. The van der Waals surface area contributed by atoms with Crippen LogP contribution >= 0.6 is 63.1 Å². The molecule has 0 radical (unpaired) electrons. The van der Waals surface area contributed by atoms with Crippen molar-refractivity contribution >= 4 is 63.1 Å². The SMILES string of the molecule is Sc1cc(S)c(S)c(S)c1S. The molecule has 0 heterocycles. The first-order valence-corrected chi connectivity index (χ1v) is 4.93. The number of benzene rings is 1. The fraction of sp³-hybridized carbons (Fsp3) is 0. The highest BCUT2D eigenvalue weighted by Crippen LogP contribution is 2.35. The molecule has 5 heteroatoms. The minimum absolute atomic E-state index is 0.717. The molecular weight excluding hydrogens is 232 g/mol. The summed E-state index contributed by atoms with van der Waals surface area (Å²) in [5.41, 5.74) is 0. The highest BCUT2D eigenvalue weighted by Gasteiger charge is 2.06. The van der Waals surface area contributed by atoms with Gasteiger partial charge in [-0.05, 0) is 6.07 Å². The quantitative estimate of drug-likeness (QED) is 0.422. The van der Waals surface area contributed by atoms with Gasteiger partial charge in [-0.1, -0.05) is 0 Å². The average Bonchev–Trinajstić information content (AvgIpc) is 1.97. The highest BCUT2D eigenvalue weighted by atomic mass is 32.1. The largest absolute Gasteiger partial charge is 0.142 e. The van der Waals surface area contributed by atoms with Crippen molar-refractivity contribution in [1.29, 1.82) is 0 Å². The third-order valence-corrected chi connectivity index (χ3v) is 3.99. The number of hydrogen-bond donors (Lipinski definition) is 5. The van der Waals surface area contributed by atoms with Crippen LogP contribution in [0.15, 0.2) is 30.5 Å². The minimum atomic E-state index is 0.717. The third kappa shape index (κ3) is 2.01. The van der Waals surface area contributed by atoms with Crippen LogP contribution in [0, 0.1) is 0 Å². The van der Waals surface area contributed by atoms with E-state index in [1.54, 1.807) is 6.07 Å². The summed E-state index contributed by atoms with van der Waals surface area (Å²) >= 11 is 20.9. The molecule has 11 heavy (non-hydrogen) atoms. The van der Waals surface area contributed by atoms with Crippen LogP contribution < -0.4 is 0 Å². The van der Waals surface area contributed by atoms with Gasteiger partial charge in [0.25, 0.3) is 0 Å². The Kier molecular flexibility index (Phi) is 3.46. The van der Waals surface area contributed by atoms with Gasteiger partial charge in [0.05, 0.1) is 0 Å². The Labute approximate surface area is 93.2 Å². The zero-order valence-corrected chi connectivity index (χ0v) is 9.79. The molecule has 0 atom stereocenters. The summed E-state index contributed by atoms with van der Waals surface area (Å²) in [6.45, 7) is 0. The lowest BCUT2D eigenvalue weighted by Crippen LogP contribution is -1.80. The summed E-state index contributed by atoms with van der Waals surface area (Å²) in [5, 5.41) is 0. The molecule has 0 unspecified atom stereocenters. The number of thiol groups is 5. The first kappa shape index (κ1) is 10.1. The molecule has 0 aliphatic carbocycles. The normalized spacial score (nSPS) is 10.3. The summed E-state index contributed by atoms with van der Waals surface area (Å²) in [7, 11) is 0. The molecule has 0 fully saturated rings. The maximum atomic E-state index is 4.20. The maximum Gasteiger partial charge on any atom is 0.0330 e. The van der Waals surface area contributed by atoms with Gasteiger partial charge in [0.2, 0.25) is 0 Å². The predicted octanol–water partition coefficient (Wildman–Crippen LogP) is 3.13. The van der Waals surface area contributed by atoms with Crippen molar-refractivity contribution in [2.45, 2.75) is 24.5 Å². The van der Waals surface area contributed by atoms with Crippen LogP contribution in [-0.2, 0) is 0 Å². The van der Waals surface area contributed by atoms with Crippen LogP contribution in [0.4, 0.5) is 0 Å². The number of hydrogen-bond acceptors (Lipinski definition) is 5. The van der Waals surface area contributed by atoms with Crippen LogP contribution in [0.25, 0.3) is 0 Å². The Hall–Kier alpha value is 0.970. The van der Waals surface area contributed by atoms with Crippen LogP contribution in [-0.4, -0.2) is 0 Å². The van der Waals surface area contributed by atoms with Gasteiger partial charge in [0, 0.05) is 24.5 Å². The van der Waals surface area contributed by atoms with E-state index in [0.717, 1.165) is 19.6 Å². The van der Waals surface area contributed by atoms with E-state index in [-0.39, 0.29) is 0 Å². The summed E-state index contributed by atoms with van der Waals surface area (Å²) in [6, 6.07) is 1.79. The lowest BCUT2D eigenvalue weighted by molar-refractivity contribution is 0.980. The zero-order chi connectivity index (χ0) is 8.59. The van der Waals surface area contributed by atoms with E-state index < -0.39 is 0 Å². The smallest absolute Gasteiger partial charge is 0.0330 e. The van der Waals surface area contributed by atoms with Gasteiger partial charge in [-0.25, -0.2) is 0 Å². The van der Waals surface area contributed by atoms with Crippen LogP contribution in [0.5, 0.6) is 0 Å². The molecule has 0 saturated carbocycles. The van der Waals surface area contributed by atoms with Gasteiger partial charge in [-0.2, -0.15) is 0 Å². The first-order valence-electron chi connectivity index (χ1n) is 2.70. The molecule has 1 rings (SSSR count). The summed E-state index contributed by atoms with van der Waals surface area (Å²) in [4.78, 5) is 3.72. The second-order valence-electron chi connectivity index (χ2n) is 1.96. The summed E-state index contributed by atoms with van der Waals surface area (Å²) in [5.74, 6) is 0. The Morgan fingerprint density at radius 2 is 1.00 bits per heavy atom. The number of rotatable bonds is 0. The third-order valence-electron chi connectivity index (χ3n) is 1.21. The monoisotopic (exact) mass is 238 g/mol. The molecule has 0 aliphatic heterocycles. The molecule has 0 bridgehead atoms. The van der Waals surface area contributed by atoms with Crippen LogP contribution in [0.2, 0.25) is 0 Å². The second-order valence-corrected chi connectivity index (χ2v) is 4.27. The van der Waals surface area contributed by atoms with Crippen molar-refractivity contribution in [2.75, 3.05) is 0 Å². The molecule has 1 aromatic carbocycles. The minimum Gasteiger partial charge on any atom is -0.142 e. The van der Waals surface area contributed by atoms with Gasteiger partial charge in [-0.3, -0.25) is 0 Å². The average molecular weight is 238 g/mol. The van der Waals surface area contributed by atoms with Gasteiger partial charge < -0.3 is 0 Å². The van der Waals surface area contributed by atoms with Crippen molar-refractivity contribution in [3.63, 3.8) is 0 Å². The molecule has 0 N–H and O–H groups in total. The zero-order valence-electron chi connectivity index (χ0n) is 5.31. The molecule has 0 saturated heterocycles. The molecule has 0 amide bonds. The summed E-state index contributed by atoms with van der Waals surface area (Å²) < 4.78 is 0. The van der Waals surface area contributed by atoms with Crippen molar-refractivity contribution in [1.82, 2.24) is 0 Å². The fourth-order valence-electron chi connectivity index (χ4n) is 0.621. The van der Waals surface area contributed by atoms with E-state index in [2.05, 4.69) is 63.1 Å². The van der Waals surface area contributed by atoms with E-state index in [0.29, 0.717) is 4.90 Å².